The van der Waals surface area contributed by atoms with Gasteiger partial charge in [0.15, 0.2) is 0 Å². The standard InChI is InChI=1S/C12H21NO/c1-5-9-11(8-4)13-12(14)10(6-2)7-3/h4,10-11H,5-7,9H2,1-3H3,(H,13,14). The first-order valence-electron chi connectivity index (χ1n) is 5.45. The Kier molecular flexibility index (Phi) is 6.92. The Bertz CT molecular complexity index is 201. The Morgan fingerprint density at radius 2 is 1.93 bits per heavy atom. The SMILES string of the molecule is C#CC(CCC)NC(=O)C(CC)CC. The van der Waals surface area contributed by atoms with Crippen molar-refractivity contribution in [2.45, 2.75) is 52.5 Å². The lowest BCUT2D eigenvalue weighted by Crippen LogP contribution is -2.37. The van der Waals surface area contributed by atoms with Gasteiger partial charge in [-0.3, -0.25) is 4.79 Å². The molecule has 0 aromatic carbocycles. The van der Waals surface area contributed by atoms with Crippen molar-refractivity contribution in [1.29, 1.82) is 0 Å². The summed E-state index contributed by atoms with van der Waals surface area (Å²) in [6, 6.07) is -0.0897. The zero-order valence-electron chi connectivity index (χ0n) is 9.47. The van der Waals surface area contributed by atoms with E-state index in [-0.39, 0.29) is 17.9 Å². The topological polar surface area (TPSA) is 29.1 Å². The minimum atomic E-state index is -0.0897. The van der Waals surface area contributed by atoms with Crippen molar-refractivity contribution in [3.63, 3.8) is 0 Å². The van der Waals surface area contributed by atoms with Crippen LogP contribution < -0.4 is 5.32 Å². The average Bonchev–Trinajstić information content (AvgIpc) is 2.19. The summed E-state index contributed by atoms with van der Waals surface area (Å²) in [4.78, 5) is 11.6. The molecule has 0 aliphatic rings. The largest absolute Gasteiger partial charge is 0.342 e. The third-order valence-corrected chi connectivity index (χ3v) is 2.45. The molecule has 0 rings (SSSR count). The van der Waals surface area contributed by atoms with E-state index in [1.165, 1.54) is 0 Å². The molecule has 0 aromatic rings. The van der Waals surface area contributed by atoms with Crippen molar-refractivity contribution in [3.8, 4) is 12.3 Å². The monoisotopic (exact) mass is 195 g/mol. The van der Waals surface area contributed by atoms with Gasteiger partial charge in [0.25, 0.3) is 0 Å². The highest BCUT2D eigenvalue weighted by atomic mass is 16.1. The Balaban J connectivity index is 4.08. The van der Waals surface area contributed by atoms with Crippen LogP contribution in [-0.2, 0) is 4.79 Å². The number of rotatable bonds is 6. The first-order chi connectivity index (χ1) is 6.69. The van der Waals surface area contributed by atoms with Crippen LogP contribution >= 0.6 is 0 Å². The second kappa shape index (κ2) is 7.44. The highest BCUT2D eigenvalue weighted by molar-refractivity contribution is 5.79. The van der Waals surface area contributed by atoms with Crippen LogP contribution in [0.2, 0.25) is 0 Å². The minimum absolute atomic E-state index is 0.0897. The zero-order chi connectivity index (χ0) is 11.0. The molecule has 80 valence electrons. The van der Waals surface area contributed by atoms with Gasteiger partial charge in [0, 0.05) is 5.92 Å². The summed E-state index contributed by atoms with van der Waals surface area (Å²) in [5, 5.41) is 2.89. The van der Waals surface area contributed by atoms with E-state index in [9.17, 15) is 4.79 Å². The van der Waals surface area contributed by atoms with Crippen LogP contribution in [0.3, 0.4) is 0 Å². The molecule has 2 nitrogen and oxygen atoms in total. The molecule has 1 amide bonds. The molecule has 1 atom stereocenters. The molecule has 0 saturated carbocycles. The fraction of sp³-hybridized carbons (Fsp3) is 0.750. The molecule has 0 fully saturated rings. The van der Waals surface area contributed by atoms with Crippen molar-refractivity contribution in [2.24, 2.45) is 5.92 Å². The molecule has 0 aromatic heterocycles. The summed E-state index contributed by atoms with van der Waals surface area (Å²) in [5.74, 6) is 2.82. The van der Waals surface area contributed by atoms with Gasteiger partial charge in [0.2, 0.25) is 5.91 Å². The van der Waals surface area contributed by atoms with Gasteiger partial charge in [-0.15, -0.1) is 6.42 Å². The van der Waals surface area contributed by atoms with Gasteiger partial charge >= 0.3 is 0 Å². The van der Waals surface area contributed by atoms with Crippen LogP contribution in [0.25, 0.3) is 0 Å². The normalized spacial score (nSPS) is 12.2. The third kappa shape index (κ3) is 4.32. The fourth-order valence-electron chi connectivity index (χ4n) is 1.43. The van der Waals surface area contributed by atoms with E-state index in [2.05, 4.69) is 18.2 Å². The molecule has 0 aliphatic heterocycles. The van der Waals surface area contributed by atoms with Crippen LogP contribution in [0, 0.1) is 18.3 Å². The van der Waals surface area contributed by atoms with Crippen LogP contribution in [0.15, 0.2) is 0 Å². The van der Waals surface area contributed by atoms with Crippen molar-refractivity contribution in [1.82, 2.24) is 5.32 Å². The number of nitrogens with one attached hydrogen (secondary N) is 1. The maximum Gasteiger partial charge on any atom is 0.224 e. The molecule has 2 heteroatoms. The number of carbonyl (C=O) groups excluding carboxylic acids is 1. The van der Waals surface area contributed by atoms with Crippen LogP contribution in [0.1, 0.15) is 46.5 Å². The highest BCUT2D eigenvalue weighted by Crippen LogP contribution is 2.08. The summed E-state index contributed by atoms with van der Waals surface area (Å²) in [6.45, 7) is 6.12. The number of carbonyl (C=O) groups is 1. The second-order valence-electron chi connectivity index (χ2n) is 3.53. The minimum Gasteiger partial charge on any atom is -0.342 e. The molecule has 0 aliphatic carbocycles. The maximum atomic E-state index is 11.6. The van der Waals surface area contributed by atoms with Crippen molar-refractivity contribution in [3.05, 3.63) is 0 Å². The number of hydrogen-bond acceptors (Lipinski definition) is 1. The van der Waals surface area contributed by atoms with Gasteiger partial charge in [0.1, 0.15) is 0 Å². The summed E-state index contributed by atoms with van der Waals surface area (Å²) >= 11 is 0. The van der Waals surface area contributed by atoms with E-state index in [1.54, 1.807) is 0 Å². The Labute approximate surface area is 87.5 Å². The van der Waals surface area contributed by atoms with Gasteiger partial charge in [-0.05, 0) is 19.3 Å². The zero-order valence-corrected chi connectivity index (χ0v) is 9.47. The Morgan fingerprint density at radius 3 is 2.29 bits per heavy atom. The molecule has 0 radical (unpaired) electrons. The summed E-state index contributed by atoms with van der Waals surface area (Å²) in [7, 11) is 0. The quantitative estimate of drug-likeness (QED) is 0.648. The van der Waals surface area contributed by atoms with Gasteiger partial charge < -0.3 is 5.32 Å². The predicted octanol–water partition coefficient (Wildman–Crippen LogP) is 2.34. The van der Waals surface area contributed by atoms with E-state index in [4.69, 9.17) is 6.42 Å². The molecule has 1 unspecified atom stereocenters. The summed E-state index contributed by atoms with van der Waals surface area (Å²) in [5.41, 5.74) is 0. The molecular formula is C12H21NO. The lowest BCUT2D eigenvalue weighted by Gasteiger charge is -2.16. The molecule has 1 N–H and O–H groups in total. The van der Waals surface area contributed by atoms with Crippen LogP contribution in [-0.4, -0.2) is 11.9 Å². The third-order valence-electron chi connectivity index (χ3n) is 2.45. The number of hydrogen-bond donors (Lipinski definition) is 1. The first-order valence-corrected chi connectivity index (χ1v) is 5.45. The maximum absolute atomic E-state index is 11.6. The Hall–Kier alpha value is -0.970. The van der Waals surface area contributed by atoms with Gasteiger partial charge in [-0.25, -0.2) is 0 Å². The lowest BCUT2D eigenvalue weighted by atomic mass is 10.0. The first kappa shape index (κ1) is 13.0. The average molecular weight is 195 g/mol. The van der Waals surface area contributed by atoms with E-state index in [0.29, 0.717) is 0 Å². The number of terminal acetylenes is 1. The molecule has 0 heterocycles. The molecule has 14 heavy (non-hydrogen) atoms. The van der Waals surface area contributed by atoms with E-state index in [0.717, 1.165) is 25.7 Å². The van der Waals surface area contributed by atoms with E-state index >= 15 is 0 Å². The molecular weight excluding hydrogens is 174 g/mol. The summed E-state index contributed by atoms with van der Waals surface area (Å²) < 4.78 is 0. The molecule has 0 bridgehead atoms. The molecule has 0 saturated heterocycles. The van der Waals surface area contributed by atoms with Gasteiger partial charge in [-0.2, -0.15) is 0 Å². The smallest absolute Gasteiger partial charge is 0.224 e. The second-order valence-corrected chi connectivity index (χ2v) is 3.53. The fourth-order valence-corrected chi connectivity index (χ4v) is 1.43. The van der Waals surface area contributed by atoms with Crippen molar-refractivity contribution >= 4 is 5.91 Å². The molecule has 0 spiro atoms. The van der Waals surface area contributed by atoms with Crippen LogP contribution in [0.5, 0.6) is 0 Å². The van der Waals surface area contributed by atoms with Gasteiger partial charge in [-0.1, -0.05) is 33.1 Å². The predicted molar refractivity (Wildman–Crippen MR) is 59.7 cm³/mol. The van der Waals surface area contributed by atoms with Crippen LogP contribution in [0.4, 0.5) is 0 Å². The van der Waals surface area contributed by atoms with Gasteiger partial charge in [0.05, 0.1) is 6.04 Å². The highest BCUT2D eigenvalue weighted by Gasteiger charge is 2.16. The van der Waals surface area contributed by atoms with E-state index in [1.807, 2.05) is 13.8 Å². The van der Waals surface area contributed by atoms with Crippen molar-refractivity contribution in [2.75, 3.05) is 0 Å². The van der Waals surface area contributed by atoms with E-state index < -0.39 is 0 Å². The lowest BCUT2D eigenvalue weighted by molar-refractivity contribution is -0.125. The Morgan fingerprint density at radius 1 is 1.36 bits per heavy atom. The van der Waals surface area contributed by atoms with Crippen molar-refractivity contribution < 1.29 is 4.79 Å². The number of amides is 1. The summed E-state index contributed by atoms with van der Waals surface area (Å²) in [6.07, 6.45) is 8.95.